The molecule has 1 saturated heterocycles. The van der Waals surface area contributed by atoms with Crippen molar-refractivity contribution in [2.45, 2.75) is 63.6 Å². The zero-order chi connectivity index (χ0) is 28.9. The van der Waals surface area contributed by atoms with E-state index in [1.54, 1.807) is 37.1 Å². The number of H-pyrrole nitrogens is 1. The molecular formula is C28H27ClF2N8O2. The molecule has 4 aromatic rings. The van der Waals surface area contributed by atoms with Crippen LogP contribution < -0.4 is 0 Å². The lowest BCUT2D eigenvalue weighted by Gasteiger charge is -2.33. The van der Waals surface area contributed by atoms with Gasteiger partial charge in [0.1, 0.15) is 12.2 Å². The van der Waals surface area contributed by atoms with E-state index >= 15 is 8.78 Å². The minimum atomic E-state index is -0.937. The van der Waals surface area contributed by atoms with Crippen LogP contribution in [0.1, 0.15) is 62.7 Å². The number of hydrogen-bond acceptors (Lipinski definition) is 7. The third kappa shape index (κ3) is 5.13. The Morgan fingerprint density at radius 2 is 2.00 bits per heavy atom. The van der Waals surface area contributed by atoms with Crippen LogP contribution in [0.5, 0.6) is 0 Å². The number of carbonyl (C=O) groups excluding carboxylic acids is 1. The van der Waals surface area contributed by atoms with Gasteiger partial charge in [0.15, 0.2) is 11.6 Å². The van der Waals surface area contributed by atoms with Crippen LogP contribution in [-0.4, -0.2) is 62.7 Å². The summed E-state index contributed by atoms with van der Waals surface area (Å²) in [7, 11) is 0. The molecule has 41 heavy (non-hydrogen) atoms. The number of aromatic nitrogens is 7. The molecule has 2 aliphatic heterocycles. The fourth-order valence-corrected chi connectivity index (χ4v) is 5.80. The minimum Gasteiger partial charge on any atom is -0.390 e. The minimum absolute atomic E-state index is 0.0633. The van der Waals surface area contributed by atoms with Crippen LogP contribution in [-0.2, 0) is 11.2 Å². The van der Waals surface area contributed by atoms with Crippen molar-refractivity contribution in [2.24, 2.45) is 0 Å². The average Bonchev–Trinajstić information content (AvgIpc) is 3.70. The maximum absolute atomic E-state index is 15.3. The molecule has 212 valence electrons. The van der Waals surface area contributed by atoms with E-state index in [0.29, 0.717) is 54.0 Å². The van der Waals surface area contributed by atoms with E-state index in [4.69, 9.17) is 11.6 Å². The van der Waals surface area contributed by atoms with E-state index in [1.807, 2.05) is 0 Å². The van der Waals surface area contributed by atoms with Crippen LogP contribution in [0.2, 0.25) is 5.02 Å². The third-order valence-corrected chi connectivity index (χ3v) is 7.93. The third-order valence-electron chi connectivity index (χ3n) is 7.64. The molecule has 0 aliphatic carbocycles. The van der Waals surface area contributed by atoms with Gasteiger partial charge in [-0.05, 0) is 80.2 Å². The van der Waals surface area contributed by atoms with Crippen molar-refractivity contribution in [3.8, 4) is 16.9 Å². The van der Waals surface area contributed by atoms with Gasteiger partial charge in [0, 0.05) is 29.4 Å². The number of carbonyl (C=O) groups is 1. The highest BCUT2D eigenvalue weighted by molar-refractivity contribution is 6.31. The number of nitrogens with zero attached hydrogens (tertiary/aromatic N) is 7. The Morgan fingerprint density at radius 1 is 1.17 bits per heavy atom. The maximum atomic E-state index is 15.3. The van der Waals surface area contributed by atoms with E-state index in [9.17, 15) is 9.90 Å². The molecule has 0 saturated carbocycles. The van der Waals surface area contributed by atoms with Crippen molar-refractivity contribution in [2.75, 3.05) is 0 Å². The summed E-state index contributed by atoms with van der Waals surface area (Å²) in [6.07, 6.45) is 8.24. The summed E-state index contributed by atoms with van der Waals surface area (Å²) in [5.74, 6) is -0.841. The predicted octanol–water partition coefficient (Wildman–Crippen LogP) is 4.60. The topological polar surface area (TPSA) is 126 Å². The van der Waals surface area contributed by atoms with E-state index in [-0.39, 0.29) is 40.7 Å². The zero-order valence-electron chi connectivity index (χ0n) is 22.4. The highest BCUT2D eigenvalue weighted by atomic mass is 35.5. The quantitative estimate of drug-likeness (QED) is 0.327. The smallest absolute Gasteiger partial charge is 0.247 e. The van der Waals surface area contributed by atoms with Crippen molar-refractivity contribution in [3.63, 3.8) is 0 Å². The van der Waals surface area contributed by atoms with Gasteiger partial charge in [0.05, 0.1) is 39.9 Å². The number of nitrogens with one attached hydrogen (secondary N) is 1. The molecule has 0 bridgehead atoms. The Hall–Kier alpha value is -4.03. The van der Waals surface area contributed by atoms with Crippen LogP contribution in [0.4, 0.5) is 8.78 Å². The standard InChI is InChI=1S/C28H27ClF2N8O2/c1-28(2,41)9-7-19-25(30)17(8-10-32-19)20-13-33-27(35-20)22-5-3-16-11-15(12-23(40)39(16)22)24-21(38-14-34-36-37-38)6-4-18(29)26(24)31/h4,6,8,10,12-14,16,22,41H,3,5,7,9,11H2,1-2H3,(H,33,35)/t16-,22-/m0/s1. The van der Waals surface area contributed by atoms with Gasteiger partial charge < -0.3 is 15.0 Å². The lowest BCUT2D eigenvalue weighted by molar-refractivity contribution is -0.129. The maximum Gasteiger partial charge on any atom is 0.247 e. The normalized spacial score (nSPS) is 19.0. The van der Waals surface area contributed by atoms with Gasteiger partial charge in [-0.1, -0.05) is 11.6 Å². The number of aliphatic hydroxyl groups is 1. The molecule has 1 aromatic carbocycles. The average molecular weight is 581 g/mol. The number of benzene rings is 1. The second-order valence-electron chi connectivity index (χ2n) is 11.0. The fourth-order valence-electron chi connectivity index (χ4n) is 5.64. The van der Waals surface area contributed by atoms with Gasteiger partial charge in [-0.3, -0.25) is 9.78 Å². The summed E-state index contributed by atoms with van der Waals surface area (Å²) in [4.78, 5) is 27.1. The van der Waals surface area contributed by atoms with Gasteiger partial charge in [-0.15, -0.1) is 5.10 Å². The molecular weight excluding hydrogens is 554 g/mol. The largest absolute Gasteiger partial charge is 0.390 e. The lowest BCUT2D eigenvalue weighted by atomic mass is 9.92. The number of aryl methyl sites for hydroxylation is 1. The molecule has 0 radical (unpaired) electrons. The number of aromatic amines is 1. The Balaban J connectivity index is 1.27. The van der Waals surface area contributed by atoms with Gasteiger partial charge in [0.2, 0.25) is 5.91 Å². The van der Waals surface area contributed by atoms with E-state index in [1.165, 1.54) is 29.3 Å². The van der Waals surface area contributed by atoms with Gasteiger partial charge in [-0.2, -0.15) is 4.68 Å². The van der Waals surface area contributed by atoms with E-state index in [2.05, 4.69) is 30.5 Å². The first-order chi connectivity index (χ1) is 19.6. The fraction of sp³-hybridized carbons (Fsp3) is 0.357. The highest BCUT2D eigenvalue weighted by Gasteiger charge is 2.42. The molecule has 2 atom stereocenters. The second kappa shape index (κ2) is 10.4. The Bertz CT molecular complexity index is 1650. The van der Waals surface area contributed by atoms with Crippen molar-refractivity contribution < 1.29 is 18.7 Å². The first kappa shape index (κ1) is 27.2. The predicted molar refractivity (Wildman–Crippen MR) is 146 cm³/mol. The van der Waals surface area contributed by atoms with Crippen LogP contribution in [0.25, 0.3) is 22.5 Å². The van der Waals surface area contributed by atoms with Gasteiger partial charge >= 0.3 is 0 Å². The Kier molecular flexibility index (Phi) is 6.90. The monoisotopic (exact) mass is 580 g/mol. The summed E-state index contributed by atoms with van der Waals surface area (Å²) < 4.78 is 32.0. The second-order valence-corrected chi connectivity index (χ2v) is 11.4. The number of rotatable bonds is 7. The molecule has 2 N–H and O–H groups in total. The summed E-state index contributed by atoms with van der Waals surface area (Å²) >= 11 is 6.12. The van der Waals surface area contributed by atoms with Crippen molar-refractivity contribution in [1.82, 2.24) is 40.1 Å². The molecule has 13 heteroatoms. The van der Waals surface area contributed by atoms with Crippen molar-refractivity contribution >= 4 is 23.1 Å². The van der Waals surface area contributed by atoms with Crippen LogP contribution in [0, 0.1) is 11.6 Å². The summed E-state index contributed by atoms with van der Waals surface area (Å²) in [6, 6.07) is 4.08. The molecule has 1 amide bonds. The molecule has 6 rings (SSSR count). The number of imidazole rings is 1. The first-order valence-electron chi connectivity index (χ1n) is 13.3. The summed E-state index contributed by atoms with van der Waals surface area (Å²) in [6.45, 7) is 3.34. The molecule has 5 heterocycles. The van der Waals surface area contributed by atoms with Crippen molar-refractivity contribution in [3.05, 3.63) is 76.7 Å². The molecule has 10 nitrogen and oxygen atoms in total. The Labute approximate surface area is 239 Å². The summed E-state index contributed by atoms with van der Waals surface area (Å²) in [5, 5.41) is 21.1. The molecule has 0 unspecified atom stereocenters. The van der Waals surface area contributed by atoms with E-state index < -0.39 is 17.2 Å². The number of tetrazole rings is 1. The highest BCUT2D eigenvalue weighted by Crippen LogP contribution is 2.44. The summed E-state index contributed by atoms with van der Waals surface area (Å²) in [5.41, 5.74) is 1.21. The first-order valence-corrected chi connectivity index (χ1v) is 13.6. The van der Waals surface area contributed by atoms with Crippen LogP contribution in [0.3, 0.4) is 0 Å². The van der Waals surface area contributed by atoms with Crippen LogP contribution >= 0.6 is 11.6 Å². The number of hydrogen-bond donors (Lipinski definition) is 2. The molecule has 1 fully saturated rings. The Morgan fingerprint density at radius 3 is 2.76 bits per heavy atom. The lowest BCUT2D eigenvalue weighted by Crippen LogP contribution is -2.39. The number of amides is 1. The van der Waals surface area contributed by atoms with Crippen LogP contribution in [0.15, 0.2) is 43.0 Å². The SMILES string of the molecule is CC(C)(O)CCc1nccc(-c2cnc([C@@H]3CC[C@H]4CC(c5c(-n6cnnn6)ccc(Cl)c5F)=CC(=O)N43)[nH]2)c1F. The van der Waals surface area contributed by atoms with Gasteiger partial charge in [0.25, 0.3) is 0 Å². The molecule has 2 aliphatic rings. The van der Waals surface area contributed by atoms with E-state index in [0.717, 1.165) is 0 Å². The number of fused-ring (bicyclic) bond motifs is 1. The number of halogens is 3. The van der Waals surface area contributed by atoms with Gasteiger partial charge in [-0.25, -0.2) is 13.8 Å². The molecule has 0 spiro atoms. The zero-order valence-corrected chi connectivity index (χ0v) is 23.1. The molecule has 3 aromatic heterocycles. The number of pyridine rings is 1. The van der Waals surface area contributed by atoms with Crippen molar-refractivity contribution in [1.29, 1.82) is 0 Å².